The SMILES string of the molecule is Cc1c(C(C)NC(=O)c2ccnc(F)c2F)cnn1C. The standard InChI is InChI=1S/C13H14F2N4O/c1-7(10-6-17-19(3)8(10)2)18-13(20)9-4-5-16-12(15)11(9)14/h4-7H,1-3H3,(H,18,20). The fourth-order valence-corrected chi connectivity index (χ4v) is 1.89. The number of hydrogen-bond acceptors (Lipinski definition) is 3. The Kier molecular flexibility index (Phi) is 3.78. The highest BCUT2D eigenvalue weighted by Gasteiger charge is 2.20. The molecule has 2 aromatic heterocycles. The van der Waals surface area contributed by atoms with Crippen molar-refractivity contribution in [1.29, 1.82) is 0 Å². The Morgan fingerprint density at radius 2 is 2.15 bits per heavy atom. The molecule has 2 rings (SSSR count). The van der Waals surface area contributed by atoms with E-state index in [1.54, 1.807) is 24.9 Å². The Morgan fingerprint density at radius 3 is 2.75 bits per heavy atom. The average Bonchev–Trinajstić information content (AvgIpc) is 2.73. The molecule has 0 bridgehead atoms. The van der Waals surface area contributed by atoms with Crippen molar-refractivity contribution >= 4 is 5.91 Å². The maximum absolute atomic E-state index is 13.5. The van der Waals surface area contributed by atoms with Gasteiger partial charge >= 0.3 is 0 Å². The smallest absolute Gasteiger partial charge is 0.254 e. The number of halogens is 2. The van der Waals surface area contributed by atoms with Crippen LogP contribution in [0.25, 0.3) is 0 Å². The van der Waals surface area contributed by atoms with Gasteiger partial charge in [0.25, 0.3) is 5.91 Å². The van der Waals surface area contributed by atoms with Gasteiger partial charge in [0.1, 0.15) is 0 Å². The molecule has 2 aromatic rings. The third-order valence-corrected chi connectivity index (χ3v) is 3.18. The molecule has 0 aliphatic heterocycles. The summed E-state index contributed by atoms with van der Waals surface area (Å²) in [5.74, 6) is -3.23. The second-order valence-corrected chi connectivity index (χ2v) is 4.47. The van der Waals surface area contributed by atoms with Crippen molar-refractivity contribution in [3.05, 3.63) is 47.0 Å². The van der Waals surface area contributed by atoms with Gasteiger partial charge in [-0.15, -0.1) is 0 Å². The van der Waals surface area contributed by atoms with Crippen LogP contribution >= 0.6 is 0 Å². The number of carbonyl (C=O) groups excluding carboxylic acids is 1. The molecule has 0 saturated carbocycles. The fraction of sp³-hybridized carbons (Fsp3) is 0.308. The topological polar surface area (TPSA) is 59.8 Å². The Morgan fingerprint density at radius 1 is 1.45 bits per heavy atom. The monoisotopic (exact) mass is 280 g/mol. The van der Waals surface area contributed by atoms with Gasteiger partial charge in [0, 0.05) is 24.5 Å². The first-order valence-electron chi connectivity index (χ1n) is 6.01. The summed E-state index contributed by atoms with van der Waals surface area (Å²) >= 11 is 0. The fourth-order valence-electron chi connectivity index (χ4n) is 1.89. The summed E-state index contributed by atoms with van der Waals surface area (Å²) in [7, 11) is 1.78. The van der Waals surface area contributed by atoms with Crippen LogP contribution in [-0.4, -0.2) is 20.7 Å². The number of nitrogens with one attached hydrogen (secondary N) is 1. The second-order valence-electron chi connectivity index (χ2n) is 4.47. The van der Waals surface area contributed by atoms with E-state index < -0.39 is 17.7 Å². The molecular weight excluding hydrogens is 266 g/mol. The van der Waals surface area contributed by atoms with Crippen LogP contribution in [-0.2, 0) is 7.05 Å². The number of pyridine rings is 1. The summed E-state index contributed by atoms with van der Waals surface area (Å²) in [4.78, 5) is 15.1. The van der Waals surface area contributed by atoms with Crippen LogP contribution in [0.3, 0.4) is 0 Å². The molecule has 5 nitrogen and oxygen atoms in total. The molecule has 1 atom stereocenters. The molecule has 0 aliphatic rings. The van der Waals surface area contributed by atoms with Gasteiger partial charge in [-0.05, 0) is 19.9 Å². The molecule has 20 heavy (non-hydrogen) atoms. The lowest BCUT2D eigenvalue weighted by Crippen LogP contribution is -2.28. The molecule has 1 amide bonds. The van der Waals surface area contributed by atoms with Crippen molar-refractivity contribution in [1.82, 2.24) is 20.1 Å². The molecule has 0 fully saturated rings. The highest BCUT2D eigenvalue weighted by molar-refractivity contribution is 5.94. The highest BCUT2D eigenvalue weighted by atomic mass is 19.2. The third-order valence-electron chi connectivity index (χ3n) is 3.18. The number of rotatable bonds is 3. The average molecular weight is 280 g/mol. The van der Waals surface area contributed by atoms with E-state index in [2.05, 4.69) is 15.4 Å². The lowest BCUT2D eigenvalue weighted by atomic mass is 10.1. The Bertz CT molecular complexity index is 654. The number of aryl methyl sites for hydroxylation is 1. The molecule has 0 aromatic carbocycles. The second kappa shape index (κ2) is 5.36. The number of aromatic nitrogens is 3. The van der Waals surface area contributed by atoms with E-state index in [-0.39, 0.29) is 11.6 Å². The van der Waals surface area contributed by atoms with Crippen molar-refractivity contribution in [3.8, 4) is 0 Å². The van der Waals surface area contributed by atoms with E-state index in [0.717, 1.165) is 23.5 Å². The highest BCUT2D eigenvalue weighted by Crippen LogP contribution is 2.17. The summed E-state index contributed by atoms with van der Waals surface area (Å²) in [6.45, 7) is 3.61. The van der Waals surface area contributed by atoms with Gasteiger partial charge in [-0.3, -0.25) is 9.48 Å². The van der Waals surface area contributed by atoms with Crippen molar-refractivity contribution in [3.63, 3.8) is 0 Å². The van der Waals surface area contributed by atoms with E-state index >= 15 is 0 Å². The lowest BCUT2D eigenvalue weighted by molar-refractivity contribution is 0.0934. The molecule has 1 unspecified atom stereocenters. The third kappa shape index (κ3) is 2.52. The first-order valence-corrected chi connectivity index (χ1v) is 6.01. The van der Waals surface area contributed by atoms with E-state index in [0.29, 0.717) is 0 Å². The summed E-state index contributed by atoms with van der Waals surface area (Å²) in [6, 6.07) is 0.767. The number of nitrogens with zero attached hydrogens (tertiary/aromatic N) is 3. The Labute approximate surface area is 114 Å². The van der Waals surface area contributed by atoms with Gasteiger partial charge in [-0.1, -0.05) is 0 Å². The van der Waals surface area contributed by atoms with Crippen LogP contribution in [0.1, 0.15) is 34.6 Å². The van der Waals surface area contributed by atoms with Crippen LogP contribution in [0.15, 0.2) is 18.5 Å². The number of hydrogen-bond donors (Lipinski definition) is 1. The van der Waals surface area contributed by atoms with Gasteiger partial charge in [-0.25, -0.2) is 9.37 Å². The first-order chi connectivity index (χ1) is 9.41. The summed E-state index contributed by atoms with van der Waals surface area (Å²) in [6.07, 6.45) is 2.68. The Balaban J connectivity index is 2.19. The predicted octanol–water partition coefficient (Wildman–Crippen LogP) is 1.89. The molecular formula is C13H14F2N4O. The van der Waals surface area contributed by atoms with Crippen molar-refractivity contribution in [2.45, 2.75) is 19.9 Å². The predicted molar refractivity (Wildman–Crippen MR) is 68.0 cm³/mol. The molecule has 1 N–H and O–H groups in total. The van der Waals surface area contributed by atoms with Crippen LogP contribution in [0.4, 0.5) is 8.78 Å². The van der Waals surface area contributed by atoms with Crippen molar-refractivity contribution in [2.24, 2.45) is 7.05 Å². The van der Waals surface area contributed by atoms with Crippen molar-refractivity contribution < 1.29 is 13.6 Å². The van der Waals surface area contributed by atoms with Gasteiger partial charge < -0.3 is 5.32 Å². The molecule has 106 valence electrons. The van der Waals surface area contributed by atoms with Gasteiger partial charge in [0.05, 0.1) is 17.8 Å². The normalized spacial score (nSPS) is 12.2. The van der Waals surface area contributed by atoms with E-state index in [1.807, 2.05) is 6.92 Å². The molecule has 7 heteroatoms. The number of amides is 1. The minimum absolute atomic E-state index is 0.369. The zero-order valence-electron chi connectivity index (χ0n) is 11.3. The zero-order valence-corrected chi connectivity index (χ0v) is 11.3. The summed E-state index contributed by atoms with van der Waals surface area (Å²) in [5.41, 5.74) is 1.33. The minimum atomic E-state index is -1.29. The van der Waals surface area contributed by atoms with Crippen LogP contribution < -0.4 is 5.32 Å². The number of carbonyl (C=O) groups is 1. The van der Waals surface area contributed by atoms with Gasteiger partial charge in [-0.2, -0.15) is 9.49 Å². The van der Waals surface area contributed by atoms with Gasteiger partial charge in [0.2, 0.25) is 5.95 Å². The molecule has 0 aliphatic carbocycles. The van der Waals surface area contributed by atoms with Crippen LogP contribution in [0, 0.1) is 18.7 Å². The molecule has 0 radical (unpaired) electrons. The molecule has 0 spiro atoms. The van der Waals surface area contributed by atoms with Gasteiger partial charge in [0.15, 0.2) is 5.82 Å². The summed E-state index contributed by atoms with van der Waals surface area (Å²) in [5, 5.41) is 6.68. The first kappa shape index (κ1) is 14.1. The maximum atomic E-state index is 13.5. The largest absolute Gasteiger partial charge is 0.345 e. The molecule has 0 saturated heterocycles. The van der Waals surface area contributed by atoms with Crippen LogP contribution in [0.5, 0.6) is 0 Å². The van der Waals surface area contributed by atoms with Crippen molar-refractivity contribution in [2.75, 3.05) is 0 Å². The van der Waals surface area contributed by atoms with E-state index in [4.69, 9.17) is 0 Å². The maximum Gasteiger partial charge on any atom is 0.254 e. The minimum Gasteiger partial charge on any atom is -0.345 e. The quantitative estimate of drug-likeness (QED) is 0.873. The van der Waals surface area contributed by atoms with E-state index in [1.165, 1.54) is 0 Å². The zero-order chi connectivity index (χ0) is 14.9. The lowest BCUT2D eigenvalue weighted by Gasteiger charge is -2.14. The van der Waals surface area contributed by atoms with E-state index in [9.17, 15) is 13.6 Å². The molecule has 2 heterocycles. The van der Waals surface area contributed by atoms with Crippen LogP contribution in [0.2, 0.25) is 0 Å². The Hall–Kier alpha value is -2.31. The summed E-state index contributed by atoms with van der Waals surface area (Å²) < 4.78 is 28.1.